The number of barbiturate groups is 1. The molecule has 0 aliphatic carbocycles. The number of hydrogen-bond acceptors (Lipinski definition) is 4. The summed E-state index contributed by atoms with van der Waals surface area (Å²) in [6, 6.07) is 19.7. The van der Waals surface area contributed by atoms with Crippen LogP contribution in [0.3, 0.4) is 0 Å². The van der Waals surface area contributed by atoms with Crippen LogP contribution in [0.4, 0.5) is 10.5 Å². The maximum atomic E-state index is 13.1. The van der Waals surface area contributed by atoms with Gasteiger partial charge in [0, 0.05) is 0 Å². The summed E-state index contributed by atoms with van der Waals surface area (Å²) >= 11 is 0. The highest BCUT2D eigenvalue weighted by Gasteiger charge is 2.36. The van der Waals surface area contributed by atoms with Crippen molar-refractivity contribution in [2.45, 2.75) is 27.4 Å². The van der Waals surface area contributed by atoms with E-state index in [4.69, 9.17) is 4.74 Å². The highest BCUT2D eigenvalue weighted by molar-refractivity contribution is 6.39. The summed E-state index contributed by atoms with van der Waals surface area (Å²) in [4.78, 5) is 39.0. The molecular formula is C27H24N2O4. The van der Waals surface area contributed by atoms with Gasteiger partial charge in [-0.3, -0.25) is 14.9 Å². The number of anilines is 1. The SMILES string of the molecule is Cc1ccc(COc2cccc(C=C3C(=O)NC(=O)N(c4ccc(C)c(C)c4)C3=O)c2)cc1. The first kappa shape index (κ1) is 22.0. The van der Waals surface area contributed by atoms with Gasteiger partial charge < -0.3 is 4.74 Å². The third-order valence-electron chi connectivity index (χ3n) is 5.55. The summed E-state index contributed by atoms with van der Waals surface area (Å²) in [5, 5.41) is 2.26. The Kier molecular flexibility index (Phi) is 6.09. The second-order valence-electron chi connectivity index (χ2n) is 8.07. The van der Waals surface area contributed by atoms with Gasteiger partial charge >= 0.3 is 6.03 Å². The Morgan fingerprint density at radius 1 is 0.879 bits per heavy atom. The number of benzene rings is 3. The third-order valence-corrected chi connectivity index (χ3v) is 5.55. The molecule has 4 rings (SSSR count). The Balaban J connectivity index is 1.58. The summed E-state index contributed by atoms with van der Waals surface area (Å²) in [5.41, 5.74) is 5.10. The zero-order valence-electron chi connectivity index (χ0n) is 18.7. The van der Waals surface area contributed by atoms with Crippen LogP contribution in [0.1, 0.15) is 27.8 Å². The molecule has 0 bridgehead atoms. The van der Waals surface area contributed by atoms with Gasteiger partial charge in [0.2, 0.25) is 0 Å². The van der Waals surface area contributed by atoms with Crippen LogP contribution in [-0.2, 0) is 16.2 Å². The number of nitrogens with one attached hydrogen (secondary N) is 1. The second-order valence-corrected chi connectivity index (χ2v) is 8.07. The Morgan fingerprint density at radius 3 is 2.36 bits per heavy atom. The molecule has 6 heteroatoms. The molecule has 0 spiro atoms. The monoisotopic (exact) mass is 440 g/mol. The molecule has 0 saturated carbocycles. The quantitative estimate of drug-likeness (QED) is 0.454. The van der Waals surface area contributed by atoms with Crippen molar-refractivity contribution in [1.29, 1.82) is 0 Å². The normalized spacial score (nSPS) is 15.1. The van der Waals surface area contributed by atoms with E-state index in [9.17, 15) is 14.4 Å². The van der Waals surface area contributed by atoms with E-state index in [1.54, 1.807) is 30.3 Å². The number of amides is 4. The molecule has 0 radical (unpaired) electrons. The zero-order valence-corrected chi connectivity index (χ0v) is 18.7. The fraction of sp³-hybridized carbons (Fsp3) is 0.148. The Labute approximate surface area is 192 Å². The molecule has 1 aliphatic rings. The lowest BCUT2D eigenvalue weighted by Crippen LogP contribution is -2.54. The summed E-state index contributed by atoms with van der Waals surface area (Å²) in [6.45, 7) is 6.27. The van der Waals surface area contributed by atoms with E-state index in [1.807, 2.05) is 57.2 Å². The van der Waals surface area contributed by atoms with Crippen LogP contribution in [0.2, 0.25) is 0 Å². The molecule has 4 amide bonds. The van der Waals surface area contributed by atoms with Gasteiger partial charge in [-0.2, -0.15) is 0 Å². The van der Waals surface area contributed by atoms with Gasteiger partial charge in [0.15, 0.2) is 0 Å². The van der Waals surface area contributed by atoms with Gasteiger partial charge in [-0.1, -0.05) is 48.0 Å². The Hall–Kier alpha value is -4.19. The largest absolute Gasteiger partial charge is 0.489 e. The van der Waals surface area contributed by atoms with Crippen LogP contribution in [0.5, 0.6) is 5.75 Å². The number of hydrogen-bond donors (Lipinski definition) is 1. The lowest BCUT2D eigenvalue weighted by molar-refractivity contribution is -0.122. The standard InChI is InChI=1S/C27H24N2O4/c1-17-7-10-20(11-8-17)16-33-23-6-4-5-21(14-23)15-24-25(30)28-27(32)29(26(24)31)22-12-9-18(2)19(3)13-22/h4-15H,16H2,1-3H3,(H,28,30,32). The van der Waals surface area contributed by atoms with Crippen molar-refractivity contribution < 1.29 is 19.1 Å². The van der Waals surface area contributed by atoms with Crippen LogP contribution in [0.25, 0.3) is 6.08 Å². The maximum Gasteiger partial charge on any atom is 0.335 e. The topological polar surface area (TPSA) is 75.7 Å². The van der Waals surface area contributed by atoms with Gasteiger partial charge in [0.05, 0.1) is 5.69 Å². The minimum Gasteiger partial charge on any atom is -0.489 e. The molecule has 0 aromatic heterocycles. The molecular weight excluding hydrogens is 416 g/mol. The van der Waals surface area contributed by atoms with Crippen molar-refractivity contribution in [1.82, 2.24) is 5.32 Å². The average molecular weight is 440 g/mol. The molecule has 1 aliphatic heterocycles. The van der Waals surface area contributed by atoms with E-state index >= 15 is 0 Å². The number of nitrogens with zero attached hydrogens (tertiary/aromatic N) is 1. The van der Waals surface area contributed by atoms with E-state index in [1.165, 1.54) is 11.6 Å². The summed E-state index contributed by atoms with van der Waals surface area (Å²) < 4.78 is 5.87. The first-order valence-electron chi connectivity index (χ1n) is 10.6. The van der Waals surface area contributed by atoms with Crippen molar-refractivity contribution in [2.24, 2.45) is 0 Å². The number of carbonyl (C=O) groups is 3. The Morgan fingerprint density at radius 2 is 1.64 bits per heavy atom. The van der Waals surface area contributed by atoms with Crippen molar-refractivity contribution in [3.05, 3.63) is 100 Å². The van der Waals surface area contributed by atoms with Crippen LogP contribution in [-0.4, -0.2) is 17.8 Å². The van der Waals surface area contributed by atoms with E-state index in [-0.39, 0.29) is 5.57 Å². The zero-order chi connectivity index (χ0) is 23.5. The fourth-order valence-electron chi connectivity index (χ4n) is 3.47. The molecule has 3 aromatic carbocycles. The highest BCUT2D eigenvalue weighted by atomic mass is 16.5. The predicted octanol–water partition coefficient (Wildman–Crippen LogP) is 4.86. The molecule has 0 unspecified atom stereocenters. The first-order valence-corrected chi connectivity index (χ1v) is 10.6. The number of ether oxygens (including phenoxy) is 1. The summed E-state index contributed by atoms with van der Waals surface area (Å²) in [7, 11) is 0. The first-order chi connectivity index (χ1) is 15.8. The number of aryl methyl sites for hydroxylation is 3. The molecule has 1 N–H and O–H groups in total. The van der Waals surface area contributed by atoms with E-state index in [0.29, 0.717) is 23.6 Å². The average Bonchev–Trinajstić information content (AvgIpc) is 2.79. The molecule has 6 nitrogen and oxygen atoms in total. The van der Waals surface area contributed by atoms with Crippen LogP contribution >= 0.6 is 0 Å². The number of carbonyl (C=O) groups excluding carboxylic acids is 3. The van der Waals surface area contributed by atoms with Crippen molar-refractivity contribution in [3.8, 4) is 5.75 Å². The smallest absolute Gasteiger partial charge is 0.335 e. The second kappa shape index (κ2) is 9.12. The van der Waals surface area contributed by atoms with Gasteiger partial charge in [0.25, 0.3) is 11.8 Å². The molecule has 1 saturated heterocycles. The van der Waals surface area contributed by atoms with Crippen molar-refractivity contribution in [2.75, 3.05) is 4.90 Å². The van der Waals surface area contributed by atoms with Gasteiger partial charge in [-0.25, -0.2) is 9.69 Å². The van der Waals surface area contributed by atoms with Crippen LogP contribution < -0.4 is 15.0 Å². The van der Waals surface area contributed by atoms with Gasteiger partial charge in [-0.05, 0) is 73.4 Å². The van der Waals surface area contributed by atoms with Gasteiger partial charge in [0.1, 0.15) is 17.9 Å². The summed E-state index contributed by atoms with van der Waals surface area (Å²) in [5.74, 6) is -0.787. The Bertz CT molecular complexity index is 1280. The fourth-order valence-corrected chi connectivity index (χ4v) is 3.47. The number of urea groups is 1. The molecule has 1 fully saturated rings. The minimum atomic E-state index is -0.763. The van der Waals surface area contributed by atoms with E-state index in [2.05, 4.69) is 5.32 Å². The molecule has 166 valence electrons. The maximum absolute atomic E-state index is 13.1. The van der Waals surface area contributed by atoms with Crippen molar-refractivity contribution >= 4 is 29.6 Å². The summed E-state index contributed by atoms with van der Waals surface area (Å²) in [6.07, 6.45) is 1.47. The number of imide groups is 2. The molecule has 1 heterocycles. The van der Waals surface area contributed by atoms with Crippen molar-refractivity contribution in [3.63, 3.8) is 0 Å². The minimum absolute atomic E-state index is 0.122. The predicted molar refractivity (Wildman–Crippen MR) is 127 cm³/mol. The molecule has 3 aromatic rings. The van der Waals surface area contributed by atoms with Gasteiger partial charge in [-0.15, -0.1) is 0 Å². The van der Waals surface area contributed by atoms with E-state index < -0.39 is 17.8 Å². The molecule has 0 atom stereocenters. The third kappa shape index (κ3) is 4.85. The molecule has 33 heavy (non-hydrogen) atoms. The highest BCUT2D eigenvalue weighted by Crippen LogP contribution is 2.25. The van der Waals surface area contributed by atoms with Crippen LogP contribution in [0, 0.1) is 20.8 Å². The number of rotatable bonds is 5. The lowest BCUT2D eigenvalue weighted by atomic mass is 10.0. The lowest BCUT2D eigenvalue weighted by Gasteiger charge is -2.26. The van der Waals surface area contributed by atoms with E-state index in [0.717, 1.165) is 21.6 Å². The van der Waals surface area contributed by atoms with Crippen LogP contribution in [0.15, 0.2) is 72.3 Å².